The number of Topliss-reactive ketones (excluding diaryl/α,β-unsaturated/α-hetero) is 4. The maximum absolute atomic E-state index is 14.4. The Bertz CT molecular complexity index is 1620. The average Bonchev–Trinajstić information content (AvgIpc) is 2.99. The van der Waals surface area contributed by atoms with Gasteiger partial charge in [0.15, 0.2) is 23.1 Å². The third-order valence-electron chi connectivity index (χ3n) is 8.80. The molecule has 0 N–H and O–H groups in total. The lowest BCUT2D eigenvalue weighted by Gasteiger charge is -2.55. The number of allylic oxidation sites excluding steroid dienone is 7. The maximum atomic E-state index is 14.4. The topological polar surface area (TPSA) is 146 Å². The summed E-state index contributed by atoms with van der Waals surface area (Å²) < 4.78 is 21.9. The summed E-state index contributed by atoms with van der Waals surface area (Å²) in [6, 6.07) is -3.33. The number of amides is 1. The second-order valence-electron chi connectivity index (χ2n) is 10.8. The van der Waals surface area contributed by atoms with Crippen LogP contribution < -0.4 is 0 Å². The van der Waals surface area contributed by atoms with Crippen molar-refractivity contribution >= 4 is 35.0 Å². The molecule has 43 heavy (non-hydrogen) atoms. The van der Waals surface area contributed by atoms with Gasteiger partial charge in [-0.15, -0.1) is 0 Å². The van der Waals surface area contributed by atoms with Crippen molar-refractivity contribution in [1.82, 2.24) is 9.80 Å². The first-order chi connectivity index (χ1) is 20.4. The highest BCUT2D eigenvalue weighted by atomic mass is 16.5. The summed E-state index contributed by atoms with van der Waals surface area (Å²) in [7, 11) is 5.51. The Morgan fingerprint density at radius 1 is 0.884 bits per heavy atom. The van der Waals surface area contributed by atoms with Gasteiger partial charge >= 0.3 is 5.97 Å². The van der Waals surface area contributed by atoms with Crippen LogP contribution in [0.2, 0.25) is 0 Å². The summed E-state index contributed by atoms with van der Waals surface area (Å²) in [4.78, 5) is 85.0. The number of likely N-dealkylation sites (N-methyl/N-ethyl adjacent to an activating group) is 1. The van der Waals surface area contributed by atoms with Gasteiger partial charge in [-0.3, -0.25) is 28.9 Å². The smallest absolute Gasteiger partial charge is 0.333 e. The largest absolute Gasteiger partial charge is 0.492 e. The van der Waals surface area contributed by atoms with Crippen molar-refractivity contribution in [3.8, 4) is 0 Å². The Morgan fingerprint density at radius 2 is 1.47 bits per heavy atom. The zero-order valence-corrected chi connectivity index (χ0v) is 25.1. The second kappa shape index (κ2) is 10.7. The number of ether oxygens (including phenoxy) is 4. The molecule has 1 fully saturated rings. The average molecular weight is 593 g/mol. The van der Waals surface area contributed by atoms with Gasteiger partial charge in [0.05, 0.1) is 20.3 Å². The molecule has 1 saturated heterocycles. The summed E-state index contributed by atoms with van der Waals surface area (Å²) in [5.74, 6) is -3.74. The van der Waals surface area contributed by atoms with Crippen molar-refractivity contribution in [2.45, 2.75) is 51.9 Å². The van der Waals surface area contributed by atoms with Gasteiger partial charge in [-0.05, 0) is 40.8 Å². The molecule has 12 heteroatoms. The second-order valence-corrected chi connectivity index (χ2v) is 10.8. The van der Waals surface area contributed by atoms with E-state index < -0.39 is 65.8 Å². The van der Waals surface area contributed by atoms with Crippen molar-refractivity contribution in [2.24, 2.45) is 0 Å². The molecule has 5 rings (SSSR count). The molecule has 2 bridgehead atoms. The molecule has 0 radical (unpaired) electrons. The summed E-state index contributed by atoms with van der Waals surface area (Å²) in [6.45, 7) is 5.68. The minimum atomic E-state index is -1.24. The van der Waals surface area contributed by atoms with E-state index in [-0.39, 0.29) is 50.7 Å². The van der Waals surface area contributed by atoms with Crippen LogP contribution in [0.3, 0.4) is 0 Å². The number of carbonyl (C=O) groups is 6. The Hall–Kier alpha value is -4.42. The van der Waals surface area contributed by atoms with Crippen LogP contribution in [0.4, 0.5) is 0 Å². The monoisotopic (exact) mass is 592 g/mol. The lowest BCUT2D eigenvalue weighted by atomic mass is 9.71. The number of hydrogen-bond acceptors (Lipinski definition) is 11. The number of fused-ring (bicyclic) bond motifs is 5. The van der Waals surface area contributed by atoms with Gasteiger partial charge in [0, 0.05) is 51.8 Å². The molecule has 12 nitrogen and oxygen atoms in total. The van der Waals surface area contributed by atoms with Crippen LogP contribution in [0.15, 0.2) is 68.4 Å². The zero-order chi connectivity index (χ0) is 31.7. The third-order valence-corrected chi connectivity index (χ3v) is 8.80. The van der Waals surface area contributed by atoms with Crippen LogP contribution in [0, 0.1) is 0 Å². The van der Waals surface area contributed by atoms with E-state index in [2.05, 4.69) is 0 Å². The van der Waals surface area contributed by atoms with E-state index in [0.717, 1.165) is 0 Å². The number of nitrogens with zero attached hydrogens (tertiary/aromatic N) is 2. The van der Waals surface area contributed by atoms with Crippen molar-refractivity contribution in [2.75, 3.05) is 35.0 Å². The Morgan fingerprint density at radius 3 is 2.02 bits per heavy atom. The van der Waals surface area contributed by atoms with E-state index in [1.807, 2.05) is 0 Å². The number of carbonyl (C=O) groups excluding carboxylic acids is 6. The highest BCUT2D eigenvalue weighted by Gasteiger charge is 2.60. The van der Waals surface area contributed by atoms with Crippen LogP contribution in [0.5, 0.6) is 0 Å². The molecule has 0 aromatic heterocycles. The molecule has 226 valence electrons. The van der Waals surface area contributed by atoms with Crippen LogP contribution in [-0.2, 0) is 47.7 Å². The first-order valence-corrected chi connectivity index (χ1v) is 13.6. The van der Waals surface area contributed by atoms with Crippen LogP contribution in [0.1, 0.15) is 27.7 Å². The molecule has 0 aromatic rings. The fourth-order valence-corrected chi connectivity index (χ4v) is 6.55. The van der Waals surface area contributed by atoms with Gasteiger partial charge in [0.2, 0.25) is 17.5 Å². The number of esters is 1. The third kappa shape index (κ3) is 4.04. The van der Waals surface area contributed by atoms with E-state index >= 15 is 0 Å². The van der Waals surface area contributed by atoms with Gasteiger partial charge in [0.25, 0.3) is 0 Å². The number of methoxy groups -OCH3 is 3. The highest BCUT2D eigenvalue weighted by Crippen LogP contribution is 2.48. The van der Waals surface area contributed by atoms with E-state index in [1.54, 1.807) is 31.9 Å². The van der Waals surface area contributed by atoms with Gasteiger partial charge in [-0.2, -0.15) is 0 Å². The predicted molar refractivity (Wildman–Crippen MR) is 149 cm³/mol. The number of piperazine rings is 1. The van der Waals surface area contributed by atoms with Crippen LogP contribution >= 0.6 is 0 Å². The first-order valence-electron chi connectivity index (χ1n) is 13.6. The Balaban J connectivity index is 1.77. The minimum Gasteiger partial charge on any atom is -0.492 e. The summed E-state index contributed by atoms with van der Waals surface area (Å²) in [5.41, 5.74) is 0.651. The molecule has 5 aliphatic rings. The highest BCUT2D eigenvalue weighted by molar-refractivity contribution is 6.28. The van der Waals surface area contributed by atoms with E-state index in [9.17, 15) is 28.8 Å². The standard InChI is InChI=1S/C31H32N2O10/c1-9-12(2)31(39)43-11-17-18-15(23(34)13(3)27(40-6)25(18)36)10-16-21-19-20(24(35)14(4)28(41-7)26(19)37)29(42-8)22(32(21)5)30(38)33(16)17/h9-10,17,21-22,29H,11H2,1-8H3/b12-9-/t17?,21-,22+,29+/m1/s1. The summed E-state index contributed by atoms with van der Waals surface area (Å²) in [6.07, 6.45) is 1.82. The van der Waals surface area contributed by atoms with Crippen molar-refractivity contribution in [3.05, 3.63) is 68.4 Å². The van der Waals surface area contributed by atoms with Crippen molar-refractivity contribution < 1.29 is 47.7 Å². The Labute approximate surface area is 247 Å². The number of ketones is 4. The van der Waals surface area contributed by atoms with Gasteiger partial charge in [-0.25, -0.2) is 4.79 Å². The fourth-order valence-electron chi connectivity index (χ4n) is 6.55. The maximum Gasteiger partial charge on any atom is 0.333 e. The zero-order valence-electron chi connectivity index (χ0n) is 25.1. The molecule has 3 aliphatic heterocycles. The van der Waals surface area contributed by atoms with E-state index in [4.69, 9.17) is 18.9 Å². The summed E-state index contributed by atoms with van der Waals surface area (Å²) in [5, 5.41) is 0. The fraction of sp³-hybridized carbons (Fsp3) is 0.419. The molecule has 2 aliphatic carbocycles. The SMILES string of the molecule is C/C=C(/C)C(=O)OCC1C2=C(C=C3[C@@H]4C5=C(C(=O)C(C)=C(OC)C5=O)[C@H](OC)[C@@H](C(=O)N31)N4C)C(=O)C(C)=C(OC)C2=O. The van der Waals surface area contributed by atoms with Gasteiger partial charge in [0.1, 0.15) is 24.8 Å². The number of hydrogen-bond donors (Lipinski definition) is 0. The van der Waals surface area contributed by atoms with E-state index in [1.165, 1.54) is 46.2 Å². The molecule has 0 aromatic carbocycles. The lowest BCUT2D eigenvalue weighted by Crippen LogP contribution is -2.70. The molecular formula is C31H32N2O10. The van der Waals surface area contributed by atoms with E-state index in [0.29, 0.717) is 5.57 Å². The predicted octanol–water partition coefficient (Wildman–Crippen LogP) is 1.04. The number of rotatable bonds is 6. The van der Waals surface area contributed by atoms with Crippen molar-refractivity contribution in [3.63, 3.8) is 0 Å². The molecule has 3 heterocycles. The normalized spacial score (nSPS) is 27.8. The molecule has 0 spiro atoms. The van der Waals surface area contributed by atoms with Gasteiger partial charge in [-0.1, -0.05) is 6.08 Å². The summed E-state index contributed by atoms with van der Waals surface area (Å²) >= 11 is 0. The molecule has 1 amide bonds. The quantitative estimate of drug-likeness (QED) is 0.248. The Kier molecular flexibility index (Phi) is 7.47. The van der Waals surface area contributed by atoms with Crippen LogP contribution in [0.25, 0.3) is 0 Å². The lowest BCUT2D eigenvalue weighted by molar-refractivity contribution is -0.153. The first kappa shape index (κ1) is 30.1. The van der Waals surface area contributed by atoms with Crippen molar-refractivity contribution in [1.29, 1.82) is 0 Å². The van der Waals surface area contributed by atoms with Crippen LogP contribution in [-0.4, -0.2) is 104 Å². The minimum absolute atomic E-state index is 0.0118. The van der Waals surface area contributed by atoms with Gasteiger partial charge < -0.3 is 23.8 Å². The molecule has 4 atom stereocenters. The molecule has 1 unspecified atom stereocenters. The molecule has 0 saturated carbocycles. The molecular weight excluding hydrogens is 560 g/mol.